The Morgan fingerprint density at radius 2 is 2.03 bits per heavy atom. The summed E-state index contributed by atoms with van der Waals surface area (Å²) >= 11 is 2.04. The summed E-state index contributed by atoms with van der Waals surface area (Å²) in [5.74, 6) is 1.65. The molecule has 31 heavy (non-hydrogen) atoms. The number of rotatable bonds is 6. The molecule has 0 aromatic heterocycles. The predicted octanol–water partition coefficient (Wildman–Crippen LogP) is 6.18. The molecule has 4 atom stereocenters. The Balaban J connectivity index is 1.41. The molecule has 6 rings (SSSR count). The molecule has 4 heteroatoms. The van der Waals surface area contributed by atoms with Crippen molar-refractivity contribution in [1.82, 2.24) is 4.90 Å². The van der Waals surface area contributed by atoms with E-state index in [9.17, 15) is 0 Å². The van der Waals surface area contributed by atoms with E-state index in [1.807, 2.05) is 11.8 Å². The fraction of sp³-hybridized carbons (Fsp3) is 0.667. The molecule has 3 aliphatic carbocycles. The first kappa shape index (κ1) is 20.5. The fourth-order valence-electron chi connectivity index (χ4n) is 6.38. The van der Waals surface area contributed by atoms with E-state index in [1.54, 1.807) is 5.57 Å². The van der Waals surface area contributed by atoms with Crippen LogP contribution >= 0.6 is 11.8 Å². The number of benzene rings is 1. The zero-order valence-electron chi connectivity index (χ0n) is 18.9. The third-order valence-corrected chi connectivity index (χ3v) is 9.42. The van der Waals surface area contributed by atoms with Gasteiger partial charge in [-0.1, -0.05) is 68.5 Å². The van der Waals surface area contributed by atoms with Crippen molar-refractivity contribution in [1.29, 1.82) is 0 Å². The second-order valence-corrected chi connectivity index (χ2v) is 11.5. The van der Waals surface area contributed by atoms with E-state index in [0.29, 0.717) is 17.4 Å². The van der Waals surface area contributed by atoms with E-state index in [-0.39, 0.29) is 11.7 Å². The second kappa shape index (κ2) is 8.35. The summed E-state index contributed by atoms with van der Waals surface area (Å²) in [6.45, 7) is 3.29. The standard InChI is InChI=1S/C27H36N2OS/c1-2-3-17-31-26-28-23-21-10-6-5-9-20(21)18-27(14-7-4-8-15-27)22(23)24-25(30-24)29(26)16-13-19-11-12-19/h5-6,9-10,13,22,24-26H,2-4,7-8,11-12,14-18H2,1H3. The number of thioether (sulfide) groups is 1. The normalized spacial score (nSPS) is 33.1. The Labute approximate surface area is 191 Å². The predicted molar refractivity (Wildman–Crippen MR) is 130 cm³/mol. The Morgan fingerprint density at radius 3 is 2.84 bits per heavy atom. The molecule has 2 aliphatic heterocycles. The highest BCUT2D eigenvalue weighted by Crippen LogP contribution is 2.57. The molecule has 3 nitrogen and oxygen atoms in total. The van der Waals surface area contributed by atoms with Crippen LogP contribution in [0.3, 0.4) is 0 Å². The third kappa shape index (κ3) is 3.83. The van der Waals surface area contributed by atoms with E-state index in [2.05, 4.69) is 42.2 Å². The van der Waals surface area contributed by atoms with Crippen LogP contribution in [0.15, 0.2) is 40.9 Å². The largest absolute Gasteiger partial charge is 0.352 e. The Morgan fingerprint density at radius 1 is 1.19 bits per heavy atom. The zero-order valence-corrected chi connectivity index (χ0v) is 19.7. The molecule has 1 aromatic carbocycles. The van der Waals surface area contributed by atoms with Gasteiger partial charge < -0.3 is 4.74 Å². The first-order valence-corrected chi connectivity index (χ1v) is 13.7. The SMILES string of the molecule is CCCCSC1N=C2c3ccccc3CC3(CCCCC3)C2C2OC2N1CC=C1CC1. The van der Waals surface area contributed by atoms with Crippen LogP contribution in [-0.4, -0.2) is 40.7 Å². The average molecular weight is 437 g/mol. The molecule has 3 fully saturated rings. The molecule has 1 spiro atoms. The number of fused-ring (bicyclic) bond motifs is 6. The maximum atomic E-state index is 6.57. The maximum Gasteiger partial charge on any atom is 0.152 e. The van der Waals surface area contributed by atoms with Gasteiger partial charge in [0, 0.05) is 12.5 Å². The summed E-state index contributed by atoms with van der Waals surface area (Å²) in [7, 11) is 0. The minimum atomic E-state index is 0.184. The van der Waals surface area contributed by atoms with Crippen molar-refractivity contribution in [3.8, 4) is 0 Å². The van der Waals surface area contributed by atoms with Crippen molar-refractivity contribution in [3.63, 3.8) is 0 Å². The lowest BCUT2D eigenvalue weighted by atomic mass is 9.56. The number of unbranched alkanes of at least 4 members (excludes halogenated alkanes) is 1. The van der Waals surface area contributed by atoms with Crippen molar-refractivity contribution >= 4 is 17.5 Å². The smallest absolute Gasteiger partial charge is 0.152 e. The number of nitrogens with zero attached hydrogens (tertiary/aromatic N) is 2. The number of epoxide rings is 1. The van der Waals surface area contributed by atoms with Crippen molar-refractivity contribution in [2.75, 3.05) is 12.3 Å². The molecule has 1 aromatic rings. The fourth-order valence-corrected chi connectivity index (χ4v) is 7.64. The lowest BCUT2D eigenvalue weighted by Gasteiger charge is -2.47. The molecule has 1 saturated heterocycles. The number of ether oxygens (including phenoxy) is 1. The minimum Gasteiger partial charge on any atom is -0.352 e. The molecule has 0 amide bonds. The third-order valence-electron chi connectivity index (χ3n) is 8.22. The molecule has 0 radical (unpaired) electrons. The molecule has 0 N–H and O–H groups in total. The van der Waals surface area contributed by atoms with Gasteiger partial charge >= 0.3 is 0 Å². The minimum absolute atomic E-state index is 0.184. The first-order valence-electron chi connectivity index (χ1n) is 12.7. The van der Waals surface area contributed by atoms with E-state index < -0.39 is 0 Å². The van der Waals surface area contributed by atoms with Crippen LogP contribution in [0.5, 0.6) is 0 Å². The number of hydrogen-bond acceptors (Lipinski definition) is 4. The van der Waals surface area contributed by atoms with Crippen LogP contribution in [-0.2, 0) is 11.2 Å². The van der Waals surface area contributed by atoms with Gasteiger partial charge in [0.25, 0.3) is 0 Å². The van der Waals surface area contributed by atoms with Gasteiger partial charge in [-0.2, -0.15) is 0 Å². The molecule has 0 bridgehead atoms. The highest BCUT2D eigenvalue weighted by atomic mass is 32.2. The van der Waals surface area contributed by atoms with E-state index in [4.69, 9.17) is 9.73 Å². The van der Waals surface area contributed by atoms with Crippen LogP contribution < -0.4 is 0 Å². The summed E-state index contributed by atoms with van der Waals surface area (Å²) in [4.78, 5) is 8.20. The van der Waals surface area contributed by atoms with Gasteiger partial charge in [-0.25, -0.2) is 4.90 Å². The molecule has 5 aliphatic rings. The monoisotopic (exact) mass is 436 g/mol. The topological polar surface area (TPSA) is 28.1 Å². The van der Waals surface area contributed by atoms with Gasteiger partial charge in [0.2, 0.25) is 0 Å². The lowest BCUT2D eigenvalue weighted by molar-refractivity contribution is 0.108. The summed E-state index contributed by atoms with van der Waals surface area (Å²) in [5.41, 5.74) is 6.49. The first-order chi connectivity index (χ1) is 15.3. The van der Waals surface area contributed by atoms with Crippen LogP contribution in [0.4, 0.5) is 0 Å². The quantitative estimate of drug-likeness (QED) is 0.303. The van der Waals surface area contributed by atoms with Gasteiger partial charge in [0.15, 0.2) is 5.50 Å². The van der Waals surface area contributed by atoms with Gasteiger partial charge in [0.1, 0.15) is 12.3 Å². The van der Waals surface area contributed by atoms with Crippen LogP contribution in [0.1, 0.15) is 75.8 Å². The number of allylic oxidation sites excluding steroid dienone is 1. The number of hydrogen-bond donors (Lipinski definition) is 0. The molecule has 4 unspecified atom stereocenters. The molecular weight excluding hydrogens is 400 g/mol. The van der Waals surface area contributed by atoms with E-state index >= 15 is 0 Å². The molecule has 2 saturated carbocycles. The van der Waals surface area contributed by atoms with Gasteiger partial charge in [-0.15, -0.1) is 11.8 Å². The highest BCUT2D eigenvalue weighted by molar-refractivity contribution is 7.99. The van der Waals surface area contributed by atoms with Crippen LogP contribution in [0.25, 0.3) is 0 Å². The Bertz CT molecular complexity index is 881. The van der Waals surface area contributed by atoms with Crippen molar-refractivity contribution in [2.45, 2.75) is 89.0 Å². The highest BCUT2D eigenvalue weighted by Gasteiger charge is 2.61. The van der Waals surface area contributed by atoms with Gasteiger partial charge in [-0.05, 0) is 60.8 Å². The van der Waals surface area contributed by atoms with Crippen molar-refractivity contribution in [2.24, 2.45) is 16.3 Å². The summed E-state index contributed by atoms with van der Waals surface area (Å²) in [5, 5.41) is 0. The molecule has 2 heterocycles. The molecule has 166 valence electrons. The number of aliphatic imine (C=N–C) groups is 1. The second-order valence-electron chi connectivity index (χ2n) is 10.4. The van der Waals surface area contributed by atoms with Crippen molar-refractivity contribution in [3.05, 3.63) is 47.0 Å². The van der Waals surface area contributed by atoms with Crippen molar-refractivity contribution < 1.29 is 4.74 Å². The maximum absolute atomic E-state index is 6.57. The summed E-state index contributed by atoms with van der Waals surface area (Å²) in [6.07, 6.45) is 16.2. The van der Waals surface area contributed by atoms with Crippen LogP contribution in [0.2, 0.25) is 0 Å². The summed E-state index contributed by atoms with van der Waals surface area (Å²) in [6, 6.07) is 9.14. The van der Waals surface area contributed by atoms with Gasteiger partial charge in [-0.3, -0.25) is 4.99 Å². The summed E-state index contributed by atoms with van der Waals surface area (Å²) < 4.78 is 6.57. The average Bonchev–Trinajstić information content (AvgIpc) is 3.69. The van der Waals surface area contributed by atoms with Crippen LogP contribution in [0, 0.1) is 11.3 Å². The van der Waals surface area contributed by atoms with E-state index in [0.717, 1.165) is 6.54 Å². The Kier molecular flexibility index (Phi) is 5.52. The zero-order chi connectivity index (χ0) is 20.8. The molecular formula is C27H36N2OS. The Hall–Kier alpha value is -1.10. The van der Waals surface area contributed by atoms with Gasteiger partial charge in [0.05, 0.1) is 5.71 Å². The van der Waals surface area contributed by atoms with E-state index in [1.165, 1.54) is 86.8 Å². The lowest BCUT2D eigenvalue weighted by Crippen LogP contribution is -2.47.